The molecule has 0 fully saturated rings. The van der Waals surface area contributed by atoms with Crippen LogP contribution in [-0.2, 0) is 16.8 Å². The van der Waals surface area contributed by atoms with E-state index in [1.165, 1.54) is 0 Å². The molecule has 0 aliphatic rings. The van der Waals surface area contributed by atoms with Crippen LogP contribution in [-0.4, -0.2) is 30.9 Å². The highest BCUT2D eigenvalue weighted by Gasteiger charge is 2.22. The van der Waals surface area contributed by atoms with Crippen molar-refractivity contribution in [3.8, 4) is 5.82 Å². The molecule has 0 N–H and O–H groups in total. The zero-order valence-electron chi connectivity index (χ0n) is 15.8. The normalized spacial score (nSPS) is 11.6. The summed E-state index contributed by atoms with van der Waals surface area (Å²) in [5.74, 6) is 0.541. The van der Waals surface area contributed by atoms with Crippen LogP contribution in [0.25, 0.3) is 5.82 Å². The fraction of sp³-hybridized carbons (Fsp3) is 0.389. The van der Waals surface area contributed by atoms with E-state index in [0.29, 0.717) is 11.6 Å². The van der Waals surface area contributed by atoms with Gasteiger partial charge in [0.1, 0.15) is 0 Å². The average molecular weight is 390 g/mol. The van der Waals surface area contributed by atoms with E-state index in [4.69, 9.17) is 20.9 Å². The van der Waals surface area contributed by atoms with Crippen molar-refractivity contribution in [2.75, 3.05) is 0 Å². The molecule has 0 unspecified atom stereocenters. The van der Waals surface area contributed by atoms with Crippen LogP contribution in [0.2, 0.25) is 5.02 Å². The minimum Gasteiger partial charge on any atom is -0.451 e. The predicted molar refractivity (Wildman–Crippen MR) is 98.0 cm³/mol. The van der Waals surface area contributed by atoms with Crippen LogP contribution in [0.15, 0.2) is 22.7 Å². The van der Waals surface area contributed by atoms with Crippen molar-refractivity contribution in [3.63, 3.8) is 0 Å². The van der Waals surface area contributed by atoms with Crippen molar-refractivity contribution >= 4 is 17.6 Å². The third-order valence-corrected chi connectivity index (χ3v) is 4.02. The number of aryl methyl sites for hydroxylation is 2. The van der Waals surface area contributed by atoms with Gasteiger partial charge in [0.05, 0.1) is 10.7 Å². The fourth-order valence-electron chi connectivity index (χ4n) is 2.37. The van der Waals surface area contributed by atoms with Gasteiger partial charge in [-0.3, -0.25) is 0 Å². The molecule has 0 aromatic carbocycles. The van der Waals surface area contributed by atoms with Gasteiger partial charge in [-0.1, -0.05) is 37.5 Å². The Hall–Kier alpha value is -2.74. The van der Waals surface area contributed by atoms with Gasteiger partial charge in [-0.15, -0.1) is 0 Å². The number of carbonyl (C=O) groups is 1. The summed E-state index contributed by atoms with van der Waals surface area (Å²) in [5.41, 5.74) is 1.48. The van der Waals surface area contributed by atoms with Gasteiger partial charge in [-0.2, -0.15) is 10.1 Å². The zero-order chi connectivity index (χ0) is 19.8. The maximum atomic E-state index is 12.4. The van der Waals surface area contributed by atoms with Gasteiger partial charge < -0.3 is 9.26 Å². The zero-order valence-corrected chi connectivity index (χ0v) is 16.5. The van der Waals surface area contributed by atoms with Crippen LogP contribution in [0.5, 0.6) is 0 Å². The summed E-state index contributed by atoms with van der Waals surface area (Å²) in [5, 5.41) is 8.43. The minimum atomic E-state index is -0.682. The third-order valence-electron chi connectivity index (χ3n) is 3.72. The second-order valence-corrected chi connectivity index (χ2v) is 7.58. The van der Waals surface area contributed by atoms with E-state index in [9.17, 15) is 4.79 Å². The molecule has 0 aliphatic carbocycles. The summed E-state index contributed by atoms with van der Waals surface area (Å²) in [6.07, 6.45) is 0. The van der Waals surface area contributed by atoms with Crippen LogP contribution in [0.1, 0.15) is 54.4 Å². The average Bonchev–Trinajstić information content (AvgIpc) is 3.19. The summed E-state index contributed by atoms with van der Waals surface area (Å²) in [7, 11) is 0. The molecule has 3 rings (SSSR count). The first kappa shape index (κ1) is 19.0. The van der Waals surface area contributed by atoms with Crippen molar-refractivity contribution in [1.29, 1.82) is 0 Å². The molecule has 27 heavy (non-hydrogen) atoms. The molecule has 0 amide bonds. The summed E-state index contributed by atoms with van der Waals surface area (Å²) in [6.45, 7) is 9.50. The maximum absolute atomic E-state index is 12.4. The first-order chi connectivity index (χ1) is 12.6. The molecule has 3 heterocycles. The third kappa shape index (κ3) is 4.16. The molecule has 9 heteroatoms. The van der Waals surface area contributed by atoms with E-state index in [2.05, 4.69) is 20.2 Å². The van der Waals surface area contributed by atoms with Gasteiger partial charge >= 0.3 is 5.97 Å². The van der Waals surface area contributed by atoms with Crippen molar-refractivity contribution in [3.05, 3.63) is 52.0 Å². The highest BCUT2D eigenvalue weighted by Crippen LogP contribution is 2.20. The van der Waals surface area contributed by atoms with Gasteiger partial charge in [0.25, 0.3) is 5.89 Å². The Morgan fingerprint density at radius 2 is 2.00 bits per heavy atom. The molecule has 0 aliphatic heterocycles. The van der Waals surface area contributed by atoms with Gasteiger partial charge in [-0.25, -0.2) is 14.5 Å². The first-order valence-electron chi connectivity index (χ1n) is 8.35. The largest absolute Gasteiger partial charge is 0.451 e. The number of esters is 1. The molecule has 3 aromatic heterocycles. The Labute approximate surface area is 161 Å². The number of aromatic nitrogens is 5. The summed E-state index contributed by atoms with van der Waals surface area (Å²) >= 11 is 6.12. The Kier molecular flexibility index (Phi) is 5.01. The van der Waals surface area contributed by atoms with Crippen molar-refractivity contribution in [2.45, 2.75) is 46.6 Å². The number of halogens is 1. The van der Waals surface area contributed by atoms with Crippen LogP contribution < -0.4 is 0 Å². The quantitative estimate of drug-likeness (QED) is 0.629. The SMILES string of the molecule is Cc1cc(C)n(-c2ccc(Cl)c(C(=O)OCc3nc(C(C)(C)C)no3)n2)n1. The molecule has 0 saturated heterocycles. The van der Waals surface area contributed by atoms with Gasteiger partial charge in [0, 0.05) is 11.1 Å². The number of hydrogen-bond acceptors (Lipinski definition) is 7. The number of rotatable bonds is 4. The molecular formula is C18H20ClN5O3. The number of ether oxygens (including phenoxy) is 1. The molecular weight excluding hydrogens is 370 g/mol. The van der Waals surface area contributed by atoms with Crippen LogP contribution in [0.4, 0.5) is 0 Å². The maximum Gasteiger partial charge on any atom is 0.359 e. The number of carbonyl (C=O) groups excluding carboxylic acids is 1. The molecule has 0 radical (unpaired) electrons. The Bertz CT molecular complexity index is 987. The fourth-order valence-corrected chi connectivity index (χ4v) is 2.55. The van der Waals surface area contributed by atoms with E-state index in [-0.39, 0.29) is 28.6 Å². The molecule has 0 saturated carbocycles. The number of hydrogen-bond donors (Lipinski definition) is 0. The lowest BCUT2D eigenvalue weighted by Gasteiger charge is -2.10. The summed E-state index contributed by atoms with van der Waals surface area (Å²) in [6, 6.07) is 5.18. The standard InChI is InChI=1S/C18H20ClN5O3/c1-10-8-11(2)24(22-10)13-7-6-12(19)15(20-13)16(25)26-9-14-21-17(23-27-14)18(3,4)5/h6-8H,9H2,1-5H3. The second kappa shape index (κ2) is 7.11. The lowest BCUT2D eigenvalue weighted by Crippen LogP contribution is -2.14. The summed E-state index contributed by atoms with van der Waals surface area (Å²) < 4.78 is 12.0. The van der Waals surface area contributed by atoms with Crippen LogP contribution in [0.3, 0.4) is 0 Å². The summed E-state index contributed by atoms with van der Waals surface area (Å²) in [4.78, 5) is 21.0. The molecule has 142 valence electrons. The first-order valence-corrected chi connectivity index (χ1v) is 8.73. The van der Waals surface area contributed by atoms with Crippen LogP contribution in [0, 0.1) is 13.8 Å². The van der Waals surface area contributed by atoms with Crippen LogP contribution >= 0.6 is 11.6 Å². The smallest absolute Gasteiger partial charge is 0.359 e. The topological polar surface area (TPSA) is 95.9 Å². The number of nitrogens with zero attached hydrogens (tertiary/aromatic N) is 5. The van der Waals surface area contributed by atoms with Crippen molar-refractivity contribution in [2.24, 2.45) is 0 Å². The lowest BCUT2D eigenvalue weighted by molar-refractivity contribution is 0.0423. The van der Waals surface area contributed by atoms with Crippen molar-refractivity contribution in [1.82, 2.24) is 24.9 Å². The van der Waals surface area contributed by atoms with Crippen molar-refractivity contribution < 1.29 is 14.1 Å². The number of pyridine rings is 1. The molecule has 0 bridgehead atoms. The monoisotopic (exact) mass is 389 g/mol. The van der Waals surface area contributed by atoms with E-state index in [1.807, 2.05) is 40.7 Å². The minimum absolute atomic E-state index is 0.00252. The van der Waals surface area contributed by atoms with Gasteiger partial charge in [0.2, 0.25) is 0 Å². The van der Waals surface area contributed by atoms with E-state index >= 15 is 0 Å². The highest BCUT2D eigenvalue weighted by molar-refractivity contribution is 6.33. The van der Waals surface area contributed by atoms with E-state index in [0.717, 1.165) is 11.4 Å². The predicted octanol–water partition coefficient (Wildman–Crippen LogP) is 3.58. The van der Waals surface area contributed by atoms with E-state index in [1.54, 1.807) is 16.8 Å². The lowest BCUT2D eigenvalue weighted by atomic mass is 9.96. The Balaban J connectivity index is 1.77. The Morgan fingerprint density at radius 1 is 1.26 bits per heavy atom. The molecule has 0 spiro atoms. The molecule has 0 atom stereocenters. The van der Waals surface area contributed by atoms with Gasteiger partial charge in [-0.05, 0) is 32.0 Å². The van der Waals surface area contributed by atoms with Gasteiger partial charge in [0.15, 0.2) is 23.9 Å². The van der Waals surface area contributed by atoms with E-state index < -0.39 is 5.97 Å². The molecule has 3 aromatic rings. The Morgan fingerprint density at radius 3 is 2.59 bits per heavy atom. The second-order valence-electron chi connectivity index (χ2n) is 7.18. The highest BCUT2D eigenvalue weighted by atomic mass is 35.5. The molecule has 8 nitrogen and oxygen atoms in total.